The second-order valence-corrected chi connectivity index (χ2v) is 31.8. The number of nitrogens with zero attached hydrogens (tertiary/aromatic N) is 15. The Balaban J connectivity index is 0.000000371. The van der Waals surface area contributed by atoms with Crippen LogP contribution in [0.5, 0.6) is 0 Å². The van der Waals surface area contributed by atoms with Crippen molar-refractivity contribution in [3.8, 4) is 0 Å². The summed E-state index contributed by atoms with van der Waals surface area (Å²) < 4.78 is 5.30. The fourth-order valence-corrected chi connectivity index (χ4v) is 13.9. The second-order valence-electron chi connectivity index (χ2n) is 31.8. The lowest BCUT2D eigenvalue weighted by Gasteiger charge is -2.47. The van der Waals surface area contributed by atoms with Crippen LogP contribution in [0.4, 0.5) is 0 Å². The summed E-state index contributed by atoms with van der Waals surface area (Å²) in [5.74, 6) is 0.218. The Morgan fingerprint density at radius 2 is 0.839 bits per heavy atom. The van der Waals surface area contributed by atoms with Crippen LogP contribution < -0.4 is 0 Å². The molecule has 0 aliphatic carbocycles. The zero-order valence-corrected chi connectivity index (χ0v) is 67.0. The predicted molar refractivity (Wildman–Crippen MR) is 405 cm³/mol. The minimum absolute atomic E-state index is 0.218. The van der Waals surface area contributed by atoms with Gasteiger partial charge in [-0.1, -0.05) is 13.8 Å². The molecular formula is C76H163N15O2. The van der Waals surface area contributed by atoms with Crippen LogP contribution in [0.3, 0.4) is 0 Å². The number of carbonyl (C=O) groups is 1. The number of carbonyl (C=O) groups excluding carboxylic acids is 1. The number of rotatable bonds is 23. The highest BCUT2D eigenvalue weighted by Gasteiger charge is 2.35. The van der Waals surface area contributed by atoms with E-state index in [9.17, 15) is 4.79 Å². The summed E-state index contributed by atoms with van der Waals surface area (Å²) in [4.78, 5) is 48.1. The molecule has 1 unspecified atom stereocenters. The highest BCUT2D eigenvalue weighted by molar-refractivity contribution is 5.73. The van der Waals surface area contributed by atoms with E-state index < -0.39 is 0 Å². The molecule has 17 heteroatoms. The minimum atomic E-state index is 0.218. The fraction of sp³-hybridized carbons (Fsp3) is 0.987. The molecule has 0 spiro atoms. The van der Waals surface area contributed by atoms with Gasteiger partial charge in [-0.15, -0.1) is 0 Å². The number of ether oxygens (including phenoxy) is 1. The lowest BCUT2D eigenvalue weighted by atomic mass is 9.98. The monoisotopic (exact) mass is 1320 g/mol. The van der Waals surface area contributed by atoms with Crippen LogP contribution >= 0.6 is 0 Å². The molecule has 8 aliphatic rings. The maximum Gasteiger partial charge on any atom is 0.219 e. The Bertz CT molecular complexity index is 1780. The van der Waals surface area contributed by atoms with E-state index in [4.69, 9.17) is 4.74 Å². The quantitative estimate of drug-likeness (QED) is 0.0975. The van der Waals surface area contributed by atoms with Gasteiger partial charge in [0.15, 0.2) is 0 Å². The van der Waals surface area contributed by atoms with Gasteiger partial charge in [0, 0.05) is 184 Å². The molecule has 0 N–H and O–H groups in total. The van der Waals surface area contributed by atoms with Gasteiger partial charge in [0.1, 0.15) is 0 Å². The van der Waals surface area contributed by atoms with Crippen molar-refractivity contribution < 1.29 is 9.53 Å². The first-order valence-electron chi connectivity index (χ1n) is 38.7. The first kappa shape index (κ1) is 88.0. The van der Waals surface area contributed by atoms with Gasteiger partial charge in [0.2, 0.25) is 5.91 Å². The molecule has 0 aromatic carbocycles. The number of piperazine rings is 1. The van der Waals surface area contributed by atoms with Gasteiger partial charge < -0.3 is 58.6 Å². The molecule has 1 atom stereocenters. The summed E-state index contributed by atoms with van der Waals surface area (Å²) in [6.45, 7) is 66.9. The van der Waals surface area contributed by atoms with Gasteiger partial charge in [-0.05, 0) is 296 Å². The van der Waals surface area contributed by atoms with E-state index in [1.165, 1.54) is 195 Å². The molecule has 8 fully saturated rings. The molecule has 0 bridgehead atoms. The van der Waals surface area contributed by atoms with Crippen molar-refractivity contribution in [3.63, 3.8) is 0 Å². The number of hydrogen-bond acceptors (Lipinski definition) is 16. The van der Waals surface area contributed by atoms with E-state index >= 15 is 0 Å². The van der Waals surface area contributed by atoms with E-state index in [2.05, 4.69) is 243 Å². The van der Waals surface area contributed by atoms with Crippen LogP contribution in [0.1, 0.15) is 195 Å². The molecule has 0 saturated carbocycles. The van der Waals surface area contributed by atoms with E-state index in [1.807, 2.05) is 4.90 Å². The third-order valence-corrected chi connectivity index (χ3v) is 22.8. The van der Waals surface area contributed by atoms with Crippen LogP contribution in [-0.4, -0.2) is 379 Å². The largest absolute Gasteiger partial charge is 0.381 e. The summed E-state index contributed by atoms with van der Waals surface area (Å²) in [6.07, 6.45) is 15.5. The van der Waals surface area contributed by atoms with Crippen molar-refractivity contribution in [1.82, 2.24) is 73.5 Å². The van der Waals surface area contributed by atoms with Crippen LogP contribution in [0.15, 0.2) is 0 Å². The summed E-state index contributed by atoms with van der Waals surface area (Å²) in [5.41, 5.74) is 0. The Morgan fingerprint density at radius 3 is 1.25 bits per heavy atom. The third kappa shape index (κ3) is 35.7. The van der Waals surface area contributed by atoms with Crippen LogP contribution in [-0.2, 0) is 9.53 Å². The Labute approximate surface area is 580 Å². The second kappa shape index (κ2) is 48.6. The topological polar surface area (TPSA) is 74.9 Å². The summed E-state index contributed by atoms with van der Waals surface area (Å²) in [7, 11) is 20.0. The molecule has 1 amide bonds. The maximum atomic E-state index is 11.1. The number of likely N-dealkylation sites (N-methyl/N-ethyl adjacent to an activating group) is 4. The number of likely N-dealkylation sites (tertiary alicyclic amines) is 6. The molecule has 8 saturated heterocycles. The first-order chi connectivity index (χ1) is 43.9. The zero-order valence-electron chi connectivity index (χ0n) is 67.0. The van der Waals surface area contributed by atoms with Gasteiger partial charge >= 0.3 is 0 Å². The number of hydrogen-bond donors (Lipinski definition) is 0. The average Bonchev–Trinajstić information content (AvgIpc) is 1.99. The molecule has 554 valence electrons. The Kier molecular flexibility index (Phi) is 46.0. The van der Waals surface area contributed by atoms with Gasteiger partial charge in [-0.2, -0.15) is 0 Å². The lowest BCUT2D eigenvalue weighted by molar-refractivity contribution is -0.130. The van der Waals surface area contributed by atoms with Gasteiger partial charge in [-0.3, -0.25) is 24.4 Å². The predicted octanol–water partition coefficient (Wildman–Crippen LogP) is 9.57. The zero-order chi connectivity index (χ0) is 69.9. The van der Waals surface area contributed by atoms with E-state index in [0.717, 1.165) is 75.4 Å². The maximum absolute atomic E-state index is 11.1. The highest BCUT2D eigenvalue weighted by Crippen LogP contribution is 2.24. The lowest BCUT2D eigenvalue weighted by Crippen LogP contribution is -2.60. The molecular weight excluding hydrogens is 1150 g/mol. The van der Waals surface area contributed by atoms with Gasteiger partial charge in [-0.25, -0.2) is 0 Å². The van der Waals surface area contributed by atoms with Crippen molar-refractivity contribution in [1.29, 1.82) is 0 Å². The summed E-state index contributed by atoms with van der Waals surface area (Å²) in [6, 6.07) is 9.50. The van der Waals surface area contributed by atoms with Crippen LogP contribution in [0.25, 0.3) is 0 Å². The Morgan fingerprint density at radius 1 is 0.419 bits per heavy atom. The Hall–Kier alpha value is -1.13. The van der Waals surface area contributed by atoms with Crippen LogP contribution in [0, 0.1) is 0 Å². The molecule has 8 heterocycles. The minimum Gasteiger partial charge on any atom is -0.381 e. The SMILES string of the molecule is CC(=O)N1CCC(N(C)C(C)C)CC1.CC(C)N(C)C1CCCN(C)C1.CC(C)N(C)C1CCN(C2CN(C)C2)CC1.CC(C)N(C)C1CCOCC1.CC(C)N(C)CCCN1CCN(C)CC1.CC(C)N1CC(N2CCCC2)C1.CCN(CC)CCCN(C)C(C)C. The van der Waals surface area contributed by atoms with Crippen molar-refractivity contribution in [2.45, 2.75) is 273 Å². The molecule has 0 aromatic heterocycles. The molecule has 93 heavy (non-hydrogen) atoms. The van der Waals surface area contributed by atoms with Gasteiger partial charge in [0.25, 0.3) is 0 Å². The van der Waals surface area contributed by atoms with Crippen molar-refractivity contribution in [2.75, 3.05) is 221 Å². The fourth-order valence-electron chi connectivity index (χ4n) is 13.9. The summed E-state index contributed by atoms with van der Waals surface area (Å²) in [5, 5.41) is 0. The van der Waals surface area contributed by atoms with Gasteiger partial charge in [0.05, 0.1) is 0 Å². The number of amides is 1. The van der Waals surface area contributed by atoms with E-state index in [1.54, 1.807) is 6.92 Å². The highest BCUT2D eigenvalue weighted by atomic mass is 16.5. The standard InChI is InChI=1S/C13H27N3.C12H27N3.C11H22N2O.C11H26N2.C10H20N2.C10H22N2.C9H19NO/c1-11(2)15(4)12-5-7-16(8-6-12)13-9-14(3)10-13;1-12(2)14(4)6-5-7-15-10-8-13(3)9-11-15;1-9(2)12(4)11-5-7-13(8-6-11)10(3)14;1-6-13(7-2)10-8-9-12(5)11(3)4;1-9(2)12-7-10(8-12)11-5-3-4-6-11;1-9(2)12(4)10-6-5-7-11(3)8-10;1-8(2)10(3)9-4-6-11-7-5-9/h11-13H,5-10H2,1-4H3;12H,5-11H2,1-4H3;9,11H,5-8H2,1-4H3;11H,6-10H2,1-5H3;9-10H,3-8H2,1-2H3;9-10H,5-8H2,1-4H3;8-9H,4-7H2,1-3H3. The van der Waals surface area contributed by atoms with Crippen molar-refractivity contribution >= 4 is 5.91 Å². The molecule has 8 aliphatic heterocycles. The first-order valence-corrected chi connectivity index (χ1v) is 38.7. The van der Waals surface area contributed by atoms with Crippen molar-refractivity contribution in [2.24, 2.45) is 0 Å². The third-order valence-electron chi connectivity index (χ3n) is 22.8. The van der Waals surface area contributed by atoms with Crippen molar-refractivity contribution in [3.05, 3.63) is 0 Å². The van der Waals surface area contributed by atoms with Crippen LogP contribution in [0.2, 0.25) is 0 Å². The smallest absolute Gasteiger partial charge is 0.219 e. The summed E-state index contributed by atoms with van der Waals surface area (Å²) >= 11 is 0. The molecule has 8 rings (SSSR count). The number of piperidine rings is 3. The normalized spacial score (nSPS) is 22.2. The molecule has 0 aromatic rings. The van der Waals surface area contributed by atoms with E-state index in [-0.39, 0.29) is 5.91 Å². The average molecular weight is 1320 g/mol. The molecule has 0 radical (unpaired) electrons. The molecule has 17 nitrogen and oxygen atoms in total. The van der Waals surface area contributed by atoms with E-state index in [0.29, 0.717) is 42.3 Å².